The van der Waals surface area contributed by atoms with Gasteiger partial charge in [-0.1, -0.05) is 0 Å². The molecule has 0 fully saturated rings. The fraction of sp³-hybridized carbons (Fsp3) is 0.167. The summed E-state index contributed by atoms with van der Waals surface area (Å²) in [6.45, 7) is 0.276. The molecular formula is C6H10ClN3O2. The highest BCUT2D eigenvalue weighted by Crippen LogP contribution is 2.05. The second-order valence-corrected chi connectivity index (χ2v) is 1.98. The lowest BCUT2D eigenvalue weighted by Gasteiger charge is -1.90. The van der Waals surface area contributed by atoms with E-state index in [0.717, 1.165) is 0 Å². The van der Waals surface area contributed by atoms with Crippen molar-refractivity contribution in [1.82, 2.24) is 5.43 Å². The molecular weight excluding hydrogens is 182 g/mol. The van der Waals surface area contributed by atoms with Gasteiger partial charge in [-0.15, -0.1) is 12.4 Å². The van der Waals surface area contributed by atoms with Gasteiger partial charge >= 0.3 is 0 Å². The van der Waals surface area contributed by atoms with Gasteiger partial charge in [0.15, 0.2) is 0 Å². The highest BCUT2D eigenvalue weighted by Gasteiger charge is 2.06. The van der Waals surface area contributed by atoms with Gasteiger partial charge in [0.1, 0.15) is 12.0 Å². The van der Waals surface area contributed by atoms with Gasteiger partial charge < -0.3 is 10.2 Å². The largest absolute Gasteiger partial charge is 0.467 e. The standard InChI is InChI=1S/C6H9N3O2.ClH/c7-2-5-1-4(3-11-5)6(10)9-8;/h1,3H,2,7-8H2,(H,9,10);1H. The molecule has 0 aliphatic rings. The van der Waals surface area contributed by atoms with E-state index in [9.17, 15) is 4.79 Å². The van der Waals surface area contributed by atoms with E-state index in [2.05, 4.69) is 0 Å². The van der Waals surface area contributed by atoms with Crippen LogP contribution in [0.1, 0.15) is 16.1 Å². The van der Waals surface area contributed by atoms with E-state index in [1.807, 2.05) is 5.43 Å². The summed E-state index contributed by atoms with van der Waals surface area (Å²) in [5.41, 5.74) is 7.61. The summed E-state index contributed by atoms with van der Waals surface area (Å²) in [6, 6.07) is 1.54. The van der Waals surface area contributed by atoms with Crippen molar-refractivity contribution in [2.75, 3.05) is 0 Å². The number of nitrogens with two attached hydrogens (primary N) is 2. The molecule has 12 heavy (non-hydrogen) atoms. The number of furan rings is 1. The lowest BCUT2D eigenvalue weighted by Crippen LogP contribution is -2.29. The second-order valence-electron chi connectivity index (χ2n) is 1.98. The van der Waals surface area contributed by atoms with Crippen LogP contribution in [0.25, 0.3) is 0 Å². The quantitative estimate of drug-likeness (QED) is 0.342. The van der Waals surface area contributed by atoms with E-state index in [-0.39, 0.29) is 24.9 Å². The van der Waals surface area contributed by atoms with Gasteiger partial charge in [-0.2, -0.15) is 0 Å². The number of halogens is 1. The van der Waals surface area contributed by atoms with Gasteiger partial charge in [-0.25, -0.2) is 5.84 Å². The normalized spacial score (nSPS) is 8.83. The minimum absolute atomic E-state index is 0. The topological polar surface area (TPSA) is 94.3 Å². The van der Waals surface area contributed by atoms with E-state index < -0.39 is 0 Å². The summed E-state index contributed by atoms with van der Waals surface area (Å²) in [6.07, 6.45) is 1.31. The Morgan fingerprint density at radius 2 is 2.33 bits per heavy atom. The SMILES string of the molecule is Cl.NCc1cc(C(=O)NN)co1. The second kappa shape index (κ2) is 4.76. The molecule has 0 aliphatic carbocycles. The molecule has 0 aromatic carbocycles. The van der Waals surface area contributed by atoms with E-state index in [4.69, 9.17) is 16.0 Å². The number of hydrogen-bond acceptors (Lipinski definition) is 4. The highest BCUT2D eigenvalue weighted by atomic mass is 35.5. The average molecular weight is 192 g/mol. The van der Waals surface area contributed by atoms with Gasteiger partial charge in [0.05, 0.1) is 12.1 Å². The van der Waals surface area contributed by atoms with Crippen molar-refractivity contribution in [3.05, 3.63) is 23.7 Å². The number of carbonyl (C=O) groups excluding carboxylic acids is 1. The number of hydrazine groups is 1. The zero-order chi connectivity index (χ0) is 8.27. The molecule has 0 saturated heterocycles. The lowest BCUT2D eigenvalue weighted by molar-refractivity contribution is 0.0953. The molecule has 0 atom stereocenters. The molecule has 1 amide bonds. The van der Waals surface area contributed by atoms with Gasteiger partial charge in [-0.3, -0.25) is 10.2 Å². The summed E-state index contributed by atoms with van der Waals surface area (Å²) < 4.78 is 4.90. The molecule has 68 valence electrons. The molecule has 0 radical (unpaired) electrons. The molecule has 0 aliphatic heterocycles. The van der Waals surface area contributed by atoms with Crippen molar-refractivity contribution in [2.45, 2.75) is 6.54 Å². The van der Waals surface area contributed by atoms with Crippen LogP contribution in [-0.4, -0.2) is 5.91 Å². The van der Waals surface area contributed by atoms with Crippen LogP contribution in [0.5, 0.6) is 0 Å². The number of hydrogen-bond donors (Lipinski definition) is 3. The third-order valence-corrected chi connectivity index (χ3v) is 1.25. The van der Waals surface area contributed by atoms with Gasteiger partial charge in [0.25, 0.3) is 5.91 Å². The van der Waals surface area contributed by atoms with Crippen molar-refractivity contribution in [3.8, 4) is 0 Å². The number of nitrogen functional groups attached to an aromatic ring is 1. The van der Waals surface area contributed by atoms with E-state index in [1.54, 1.807) is 6.07 Å². The Labute approximate surface area is 75.5 Å². The monoisotopic (exact) mass is 191 g/mol. The Morgan fingerprint density at radius 1 is 1.67 bits per heavy atom. The van der Waals surface area contributed by atoms with Crippen LogP contribution >= 0.6 is 12.4 Å². The number of carbonyl (C=O) groups is 1. The molecule has 5 N–H and O–H groups in total. The Morgan fingerprint density at radius 3 is 2.75 bits per heavy atom. The van der Waals surface area contributed by atoms with Crippen molar-refractivity contribution < 1.29 is 9.21 Å². The fourth-order valence-electron chi connectivity index (χ4n) is 0.690. The van der Waals surface area contributed by atoms with Gasteiger partial charge in [0.2, 0.25) is 0 Å². The zero-order valence-corrected chi connectivity index (χ0v) is 7.06. The van der Waals surface area contributed by atoms with Crippen LogP contribution in [-0.2, 0) is 6.54 Å². The molecule has 0 spiro atoms. The Kier molecular flexibility index (Phi) is 4.35. The summed E-state index contributed by atoms with van der Waals surface area (Å²) in [4.78, 5) is 10.8. The smallest absolute Gasteiger partial charge is 0.268 e. The minimum atomic E-state index is -0.381. The van der Waals surface area contributed by atoms with Gasteiger partial charge in [-0.05, 0) is 6.07 Å². The van der Waals surface area contributed by atoms with E-state index in [1.165, 1.54) is 6.26 Å². The van der Waals surface area contributed by atoms with Crippen LogP contribution in [0.4, 0.5) is 0 Å². The molecule has 1 heterocycles. The summed E-state index contributed by atoms with van der Waals surface area (Å²) in [5, 5.41) is 0. The Hall–Kier alpha value is -1.04. The first-order valence-corrected chi connectivity index (χ1v) is 3.06. The minimum Gasteiger partial charge on any atom is -0.467 e. The molecule has 1 rings (SSSR count). The molecule has 0 bridgehead atoms. The third kappa shape index (κ3) is 2.23. The summed E-state index contributed by atoms with van der Waals surface area (Å²) in [7, 11) is 0. The molecule has 0 unspecified atom stereocenters. The maximum absolute atomic E-state index is 10.8. The predicted molar refractivity (Wildman–Crippen MR) is 45.5 cm³/mol. The maximum Gasteiger partial charge on any atom is 0.268 e. The average Bonchev–Trinajstić information content (AvgIpc) is 2.50. The highest BCUT2D eigenvalue weighted by molar-refractivity contribution is 5.93. The Bertz CT molecular complexity index is 261. The van der Waals surface area contributed by atoms with Crippen molar-refractivity contribution in [3.63, 3.8) is 0 Å². The zero-order valence-electron chi connectivity index (χ0n) is 6.24. The maximum atomic E-state index is 10.8. The first-order chi connectivity index (χ1) is 5.27. The van der Waals surface area contributed by atoms with Crippen LogP contribution < -0.4 is 17.0 Å². The number of rotatable bonds is 2. The fourth-order valence-corrected chi connectivity index (χ4v) is 0.690. The van der Waals surface area contributed by atoms with Crippen LogP contribution in [0.2, 0.25) is 0 Å². The van der Waals surface area contributed by atoms with Crippen molar-refractivity contribution in [1.29, 1.82) is 0 Å². The number of amides is 1. The predicted octanol–water partition coefficient (Wildman–Crippen LogP) is -0.236. The molecule has 1 aromatic rings. The molecule has 0 saturated carbocycles. The first kappa shape index (κ1) is 11.0. The lowest BCUT2D eigenvalue weighted by atomic mass is 10.3. The van der Waals surface area contributed by atoms with Gasteiger partial charge in [0, 0.05) is 0 Å². The van der Waals surface area contributed by atoms with Crippen LogP contribution in [0, 0.1) is 0 Å². The number of nitrogens with one attached hydrogen (secondary N) is 1. The van der Waals surface area contributed by atoms with Crippen LogP contribution in [0.15, 0.2) is 16.7 Å². The molecule has 6 heteroatoms. The summed E-state index contributed by atoms with van der Waals surface area (Å²) >= 11 is 0. The van der Waals surface area contributed by atoms with Crippen molar-refractivity contribution >= 4 is 18.3 Å². The van der Waals surface area contributed by atoms with Crippen LogP contribution in [0.3, 0.4) is 0 Å². The third-order valence-electron chi connectivity index (χ3n) is 1.25. The summed E-state index contributed by atoms with van der Waals surface area (Å²) in [5.74, 6) is 5.06. The van der Waals surface area contributed by atoms with E-state index >= 15 is 0 Å². The first-order valence-electron chi connectivity index (χ1n) is 3.06. The Balaban J connectivity index is 0.00000121. The van der Waals surface area contributed by atoms with E-state index in [0.29, 0.717) is 11.3 Å². The van der Waals surface area contributed by atoms with Crippen molar-refractivity contribution in [2.24, 2.45) is 11.6 Å². The molecule has 1 aromatic heterocycles. The molecule has 5 nitrogen and oxygen atoms in total.